The largest absolute Gasteiger partial charge is 0.455 e. The van der Waals surface area contributed by atoms with Gasteiger partial charge in [0.1, 0.15) is 6.61 Å². The molecule has 0 N–H and O–H groups in total. The second-order valence-corrected chi connectivity index (χ2v) is 1.90. The predicted molar refractivity (Wildman–Crippen MR) is 37.4 cm³/mol. The van der Waals surface area contributed by atoms with E-state index >= 15 is 0 Å². The van der Waals surface area contributed by atoms with E-state index in [4.69, 9.17) is 4.74 Å². The van der Waals surface area contributed by atoms with Crippen LogP contribution in [0.5, 0.6) is 0 Å². The van der Waals surface area contributed by atoms with E-state index in [1.807, 2.05) is 0 Å². The Morgan fingerprint density at radius 1 is 1.30 bits per heavy atom. The predicted octanol–water partition coefficient (Wildman–Crippen LogP) is 0.887. The average molecular weight is 145 g/mol. The van der Waals surface area contributed by atoms with Gasteiger partial charge < -0.3 is 9.47 Å². The monoisotopic (exact) mass is 145 g/mol. The van der Waals surface area contributed by atoms with Gasteiger partial charge in [-0.1, -0.05) is 13.3 Å². The maximum atomic E-state index is 9.49. The summed E-state index contributed by atoms with van der Waals surface area (Å²) in [5.74, 6) is 0. The Kier molecular flexibility index (Phi) is 7.95. The van der Waals surface area contributed by atoms with Crippen molar-refractivity contribution in [2.75, 3.05) is 19.8 Å². The van der Waals surface area contributed by atoms with Crippen molar-refractivity contribution in [3.63, 3.8) is 0 Å². The van der Waals surface area contributed by atoms with Gasteiger partial charge in [0, 0.05) is 6.61 Å². The van der Waals surface area contributed by atoms with Crippen molar-refractivity contribution in [1.29, 1.82) is 0 Å². The molecule has 0 amide bonds. The van der Waals surface area contributed by atoms with Gasteiger partial charge in [-0.25, -0.2) is 4.79 Å². The third kappa shape index (κ3) is 7.43. The number of ether oxygens (including phenoxy) is 2. The lowest BCUT2D eigenvalue weighted by atomic mass is 10.4. The number of unbranched alkanes of at least 4 members (excludes halogenated alkanes) is 1. The molecule has 0 saturated heterocycles. The van der Waals surface area contributed by atoms with Crippen LogP contribution in [-0.2, 0) is 14.3 Å². The van der Waals surface area contributed by atoms with E-state index < -0.39 is 0 Å². The molecular weight excluding hydrogens is 132 g/mol. The van der Waals surface area contributed by atoms with Gasteiger partial charge in [0.05, 0.1) is 6.61 Å². The van der Waals surface area contributed by atoms with Crippen LogP contribution in [0.4, 0.5) is 0 Å². The first-order valence-electron chi connectivity index (χ1n) is 3.48. The van der Waals surface area contributed by atoms with Gasteiger partial charge >= 0.3 is 6.47 Å². The highest BCUT2D eigenvalue weighted by Gasteiger charge is 1.86. The summed E-state index contributed by atoms with van der Waals surface area (Å²) in [6.45, 7) is 4.97. The SMILES string of the molecule is CCCCOCCO[C]=O. The number of hydrogen-bond acceptors (Lipinski definition) is 3. The molecule has 0 aliphatic heterocycles. The second-order valence-electron chi connectivity index (χ2n) is 1.90. The molecule has 1 radical (unpaired) electrons. The summed E-state index contributed by atoms with van der Waals surface area (Å²) in [4.78, 5) is 9.49. The molecule has 0 atom stereocenters. The summed E-state index contributed by atoms with van der Waals surface area (Å²) < 4.78 is 9.36. The van der Waals surface area contributed by atoms with E-state index in [2.05, 4.69) is 11.7 Å². The molecule has 10 heavy (non-hydrogen) atoms. The molecule has 0 aromatic rings. The van der Waals surface area contributed by atoms with Crippen LogP contribution in [-0.4, -0.2) is 26.3 Å². The number of carbonyl (C=O) groups excluding carboxylic acids is 1. The summed E-state index contributed by atoms with van der Waals surface area (Å²) in [7, 11) is 0. The number of hydrogen-bond donors (Lipinski definition) is 0. The van der Waals surface area contributed by atoms with E-state index in [0.717, 1.165) is 19.4 Å². The molecule has 3 heteroatoms. The first-order valence-corrected chi connectivity index (χ1v) is 3.48. The van der Waals surface area contributed by atoms with Crippen molar-refractivity contribution in [3.05, 3.63) is 0 Å². The molecule has 0 aliphatic rings. The van der Waals surface area contributed by atoms with E-state index in [1.54, 1.807) is 0 Å². The molecule has 0 spiro atoms. The highest BCUT2D eigenvalue weighted by molar-refractivity contribution is 5.37. The van der Waals surface area contributed by atoms with E-state index in [0.29, 0.717) is 13.2 Å². The van der Waals surface area contributed by atoms with Crippen LogP contribution in [0.15, 0.2) is 0 Å². The van der Waals surface area contributed by atoms with Gasteiger partial charge in [0.25, 0.3) is 0 Å². The second kappa shape index (κ2) is 8.43. The standard InChI is InChI=1S/C7H13O3/c1-2-3-4-9-5-6-10-7-8/h2-6H2,1H3. The fourth-order valence-corrected chi connectivity index (χ4v) is 0.491. The van der Waals surface area contributed by atoms with Crippen LogP contribution in [0, 0.1) is 0 Å². The first kappa shape index (κ1) is 9.43. The summed E-state index contributed by atoms with van der Waals surface area (Å²) in [5, 5.41) is 0. The summed E-state index contributed by atoms with van der Waals surface area (Å²) in [5.41, 5.74) is 0. The van der Waals surface area contributed by atoms with Gasteiger partial charge in [-0.2, -0.15) is 0 Å². The molecule has 0 aromatic heterocycles. The van der Waals surface area contributed by atoms with Crippen molar-refractivity contribution in [2.24, 2.45) is 0 Å². The lowest BCUT2D eigenvalue weighted by Gasteiger charge is -1.99. The lowest BCUT2D eigenvalue weighted by molar-refractivity contribution is 0.0928. The Morgan fingerprint density at radius 3 is 2.70 bits per heavy atom. The van der Waals surface area contributed by atoms with Gasteiger partial charge in [-0.3, -0.25) is 0 Å². The van der Waals surface area contributed by atoms with Crippen LogP contribution in [0.2, 0.25) is 0 Å². The van der Waals surface area contributed by atoms with Gasteiger partial charge in [-0.05, 0) is 6.42 Å². The molecular formula is C7H13O3. The van der Waals surface area contributed by atoms with Crippen LogP contribution in [0.3, 0.4) is 0 Å². The highest BCUT2D eigenvalue weighted by Crippen LogP contribution is 1.86. The molecule has 0 unspecified atom stereocenters. The normalized spacial score (nSPS) is 9.30. The van der Waals surface area contributed by atoms with Crippen molar-refractivity contribution in [3.8, 4) is 0 Å². The molecule has 0 fully saturated rings. The topological polar surface area (TPSA) is 35.5 Å². The van der Waals surface area contributed by atoms with Crippen LogP contribution >= 0.6 is 0 Å². The Labute approximate surface area is 61.3 Å². The summed E-state index contributed by atoms with van der Waals surface area (Å²) in [6, 6.07) is 0. The molecule has 0 bridgehead atoms. The fourth-order valence-electron chi connectivity index (χ4n) is 0.491. The number of rotatable bonds is 7. The maximum Gasteiger partial charge on any atom is 0.417 e. The maximum absolute atomic E-state index is 9.49. The molecule has 0 rings (SSSR count). The van der Waals surface area contributed by atoms with Crippen molar-refractivity contribution < 1.29 is 14.3 Å². The molecule has 0 saturated carbocycles. The Morgan fingerprint density at radius 2 is 2.10 bits per heavy atom. The Bertz CT molecular complexity index is 73.3. The smallest absolute Gasteiger partial charge is 0.417 e. The zero-order chi connectivity index (χ0) is 7.66. The quantitative estimate of drug-likeness (QED) is 0.499. The lowest BCUT2D eigenvalue weighted by Crippen LogP contribution is -2.03. The summed E-state index contributed by atoms with van der Waals surface area (Å²) >= 11 is 0. The highest BCUT2D eigenvalue weighted by atomic mass is 16.5. The van der Waals surface area contributed by atoms with Crippen molar-refractivity contribution in [2.45, 2.75) is 19.8 Å². The minimum Gasteiger partial charge on any atom is -0.455 e. The van der Waals surface area contributed by atoms with Crippen LogP contribution in [0.1, 0.15) is 19.8 Å². The summed E-state index contributed by atoms with van der Waals surface area (Å²) in [6.07, 6.45) is 2.19. The van der Waals surface area contributed by atoms with Gasteiger partial charge in [0.15, 0.2) is 0 Å². The minimum atomic E-state index is 0.313. The molecule has 0 aromatic carbocycles. The van der Waals surface area contributed by atoms with E-state index in [1.165, 1.54) is 6.47 Å². The van der Waals surface area contributed by atoms with Gasteiger partial charge in [-0.15, -0.1) is 0 Å². The average Bonchev–Trinajstić information content (AvgIpc) is 1.97. The Hall–Kier alpha value is -0.570. The Balaban J connectivity index is 2.70. The zero-order valence-corrected chi connectivity index (χ0v) is 6.26. The zero-order valence-electron chi connectivity index (χ0n) is 6.26. The van der Waals surface area contributed by atoms with Crippen molar-refractivity contribution in [1.82, 2.24) is 0 Å². The van der Waals surface area contributed by atoms with Gasteiger partial charge in [0.2, 0.25) is 0 Å². The first-order chi connectivity index (χ1) is 4.91. The third-order valence-electron chi connectivity index (χ3n) is 1.03. The molecule has 0 heterocycles. The van der Waals surface area contributed by atoms with Crippen LogP contribution in [0.25, 0.3) is 0 Å². The van der Waals surface area contributed by atoms with Crippen molar-refractivity contribution >= 4 is 6.47 Å². The fraction of sp³-hybridized carbons (Fsp3) is 0.857. The third-order valence-corrected chi connectivity index (χ3v) is 1.03. The minimum absolute atomic E-state index is 0.313. The molecule has 59 valence electrons. The van der Waals surface area contributed by atoms with E-state index in [9.17, 15) is 4.79 Å². The van der Waals surface area contributed by atoms with E-state index in [-0.39, 0.29) is 0 Å². The molecule has 0 aliphatic carbocycles. The molecule has 3 nitrogen and oxygen atoms in total. The van der Waals surface area contributed by atoms with Crippen LogP contribution < -0.4 is 0 Å².